The van der Waals surface area contributed by atoms with Crippen molar-refractivity contribution in [2.75, 3.05) is 0 Å². The van der Waals surface area contributed by atoms with Crippen molar-refractivity contribution >= 4 is 47.5 Å². The van der Waals surface area contributed by atoms with Crippen LogP contribution in [0.1, 0.15) is 157 Å². The summed E-state index contributed by atoms with van der Waals surface area (Å²) in [5.41, 5.74) is 0.212. The second kappa shape index (κ2) is 26.2. The fourth-order valence-corrected chi connectivity index (χ4v) is 9.31. The quantitative estimate of drug-likeness (QED) is 0.0887. The van der Waals surface area contributed by atoms with Gasteiger partial charge in [0, 0.05) is 61.6 Å². The highest BCUT2D eigenvalue weighted by Gasteiger charge is 2.36. The van der Waals surface area contributed by atoms with Crippen molar-refractivity contribution in [1.82, 2.24) is 37.2 Å². The van der Waals surface area contributed by atoms with Crippen LogP contribution in [-0.2, 0) is 49.6 Å². The fraction of sp³-hybridized carbons (Fsp3) is 0.714. The molecule has 3 fully saturated rings. The molecular formula is C49H77N7O10. The van der Waals surface area contributed by atoms with Crippen molar-refractivity contribution in [2.24, 2.45) is 17.8 Å². The van der Waals surface area contributed by atoms with Crippen molar-refractivity contribution in [1.29, 1.82) is 0 Å². The lowest BCUT2D eigenvalue weighted by molar-refractivity contribution is -0.145. The van der Waals surface area contributed by atoms with Crippen molar-refractivity contribution < 1.29 is 47.8 Å². The van der Waals surface area contributed by atoms with E-state index in [4.69, 9.17) is 9.47 Å². The Kier molecular flexibility index (Phi) is 21.2. The molecule has 0 saturated heterocycles. The summed E-state index contributed by atoms with van der Waals surface area (Å²) in [6.07, 6.45) is 8.29. The first-order valence-corrected chi connectivity index (χ1v) is 24.2. The molecule has 0 bridgehead atoms. The first-order valence-electron chi connectivity index (χ1n) is 24.2. The molecule has 10 atom stereocenters. The number of amides is 7. The first kappa shape index (κ1) is 53.4. The summed E-state index contributed by atoms with van der Waals surface area (Å²) in [7, 11) is 0. The Balaban J connectivity index is 1.16. The molecule has 0 spiro atoms. The highest BCUT2D eigenvalue weighted by Crippen LogP contribution is 2.28. The third-order valence-corrected chi connectivity index (χ3v) is 12.5. The molecule has 7 N–H and O–H groups in total. The van der Waals surface area contributed by atoms with E-state index in [9.17, 15) is 38.4 Å². The van der Waals surface area contributed by atoms with Crippen LogP contribution in [0.25, 0.3) is 0 Å². The van der Waals surface area contributed by atoms with Crippen LogP contribution in [0.15, 0.2) is 30.3 Å². The van der Waals surface area contributed by atoms with Gasteiger partial charge in [-0.1, -0.05) is 68.9 Å². The molecule has 3 saturated carbocycles. The highest BCUT2D eigenvalue weighted by molar-refractivity contribution is 5.85. The molecule has 3 aliphatic rings. The topological polar surface area (TPSA) is 239 Å². The average Bonchev–Trinajstić information content (AvgIpc) is 3.22. The van der Waals surface area contributed by atoms with Crippen LogP contribution in [0.5, 0.6) is 0 Å². The van der Waals surface area contributed by atoms with Crippen molar-refractivity contribution in [3.63, 3.8) is 0 Å². The molecule has 1 aromatic rings. The summed E-state index contributed by atoms with van der Waals surface area (Å²) >= 11 is 0. The van der Waals surface area contributed by atoms with E-state index in [2.05, 4.69) is 37.2 Å². The molecule has 17 nitrogen and oxygen atoms in total. The molecule has 0 unspecified atom stereocenters. The lowest BCUT2D eigenvalue weighted by atomic mass is 9.83. The number of carbonyl (C=O) groups is 8. The van der Waals surface area contributed by atoms with Gasteiger partial charge in [-0.2, -0.15) is 0 Å². The van der Waals surface area contributed by atoms with Crippen LogP contribution >= 0.6 is 0 Å². The highest BCUT2D eigenvalue weighted by atomic mass is 16.6. The molecule has 0 heterocycles. The van der Waals surface area contributed by atoms with Crippen molar-refractivity contribution in [3.05, 3.63) is 35.9 Å². The first-order chi connectivity index (χ1) is 31.3. The van der Waals surface area contributed by atoms with E-state index in [1.807, 2.05) is 30.3 Å². The molecule has 0 aromatic heterocycles. The van der Waals surface area contributed by atoms with Crippen LogP contribution in [0.3, 0.4) is 0 Å². The minimum Gasteiger partial charge on any atom is -0.461 e. The van der Waals surface area contributed by atoms with Gasteiger partial charge < -0.3 is 46.7 Å². The summed E-state index contributed by atoms with van der Waals surface area (Å²) < 4.78 is 10.8. The van der Waals surface area contributed by atoms with Gasteiger partial charge in [-0.25, -0.2) is 4.79 Å². The summed E-state index contributed by atoms with van der Waals surface area (Å²) in [5.74, 6) is -3.40. The maximum atomic E-state index is 13.5. The number of alkyl carbamates (subject to hydrolysis) is 1. The van der Waals surface area contributed by atoms with E-state index < -0.39 is 65.6 Å². The van der Waals surface area contributed by atoms with E-state index in [0.717, 1.165) is 44.1 Å². The molecule has 7 amide bonds. The monoisotopic (exact) mass is 924 g/mol. The number of esters is 1. The van der Waals surface area contributed by atoms with E-state index in [1.165, 1.54) is 0 Å². The fourth-order valence-electron chi connectivity index (χ4n) is 9.31. The van der Waals surface area contributed by atoms with E-state index in [1.54, 1.807) is 48.5 Å². The van der Waals surface area contributed by atoms with Crippen LogP contribution < -0.4 is 37.2 Å². The standard InChI is InChI=1S/C49H77N7O10/c1-30(25-42(58)54-39-23-15-12-20-36(39)46(62)53-33(4)28-44(60)65-29-34-17-9-8-10-18-34)50-41(57)26-31(2)51-45(61)35-19-11-14-22-38(35)55-43(59)27-32(3)52-47(63)37-21-13-16-24-40(37)56-48(64)66-49(5,6)7/h8-10,17-18,30-33,35-40H,11-16,19-29H2,1-7H3,(H,50,57)(H,51,61)(H,52,63)(H,53,62)(H,54,58)(H,55,59)(H,56,64)/t30-,31-,32-,33-,35+,36+,37+,38-,39-,40-/m0/s1. The number of hydrogen-bond donors (Lipinski definition) is 7. The summed E-state index contributed by atoms with van der Waals surface area (Å²) in [6.45, 7) is 12.5. The van der Waals surface area contributed by atoms with Crippen LogP contribution in [-0.4, -0.2) is 95.4 Å². The third kappa shape index (κ3) is 18.9. The molecule has 66 heavy (non-hydrogen) atoms. The molecule has 368 valence electrons. The van der Waals surface area contributed by atoms with E-state index >= 15 is 0 Å². The summed E-state index contributed by atoms with van der Waals surface area (Å²) in [6, 6.07) is 6.24. The molecular weight excluding hydrogens is 847 g/mol. The largest absolute Gasteiger partial charge is 0.461 e. The number of hydrogen-bond acceptors (Lipinski definition) is 10. The molecule has 17 heteroatoms. The Labute approximate surface area is 390 Å². The molecule has 0 aliphatic heterocycles. The maximum Gasteiger partial charge on any atom is 0.407 e. The van der Waals surface area contributed by atoms with Crippen molar-refractivity contribution in [2.45, 2.75) is 206 Å². The minimum atomic E-state index is -0.662. The second-order valence-corrected chi connectivity index (χ2v) is 19.9. The number of nitrogens with one attached hydrogen (secondary N) is 7. The minimum absolute atomic E-state index is 0.000859. The number of carbonyl (C=O) groups excluding carboxylic acids is 8. The SMILES string of the molecule is C[C@@H](CC(=O)N[C@H]1CCCC[C@H]1C(=O)N[C@@H](C)CC(=O)OCc1ccccc1)NC(=O)C[C@H](C)NC(=O)[C@@H]1CCCC[C@@H]1NC(=O)C[C@H](C)NC(=O)[C@@H]1CCCC[C@@H]1NC(=O)OC(C)(C)C. The molecule has 3 aliphatic carbocycles. The average molecular weight is 924 g/mol. The van der Waals surface area contributed by atoms with Crippen molar-refractivity contribution in [3.8, 4) is 0 Å². The van der Waals surface area contributed by atoms with Crippen LogP contribution in [0.4, 0.5) is 4.79 Å². The lowest BCUT2D eigenvalue weighted by Crippen LogP contribution is -2.52. The van der Waals surface area contributed by atoms with E-state index in [0.29, 0.717) is 38.5 Å². The smallest absolute Gasteiger partial charge is 0.407 e. The zero-order valence-electron chi connectivity index (χ0n) is 40.3. The van der Waals surface area contributed by atoms with Gasteiger partial charge in [-0.3, -0.25) is 33.6 Å². The van der Waals surface area contributed by atoms with Gasteiger partial charge in [0.2, 0.25) is 35.4 Å². The Morgan fingerprint density at radius 1 is 0.515 bits per heavy atom. The van der Waals surface area contributed by atoms with Gasteiger partial charge in [-0.05, 0) is 92.6 Å². The zero-order chi connectivity index (χ0) is 48.4. The molecule has 4 rings (SSSR count). The molecule has 1 aromatic carbocycles. The van der Waals surface area contributed by atoms with Gasteiger partial charge in [0.15, 0.2) is 0 Å². The van der Waals surface area contributed by atoms with Crippen LogP contribution in [0, 0.1) is 17.8 Å². The lowest BCUT2D eigenvalue weighted by Gasteiger charge is -2.33. The predicted octanol–water partition coefficient (Wildman–Crippen LogP) is 4.74. The number of rotatable bonds is 20. The van der Waals surface area contributed by atoms with Gasteiger partial charge in [0.1, 0.15) is 12.2 Å². The maximum absolute atomic E-state index is 13.5. The number of ether oxygens (including phenoxy) is 2. The second-order valence-electron chi connectivity index (χ2n) is 19.9. The normalized spacial score (nSPS) is 23.8. The Hall–Kier alpha value is -5.22. The Bertz CT molecular complexity index is 1810. The van der Waals surface area contributed by atoms with Gasteiger partial charge in [0.05, 0.1) is 24.2 Å². The Morgan fingerprint density at radius 2 is 0.894 bits per heavy atom. The summed E-state index contributed by atoms with van der Waals surface area (Å²) in [4.78, 5) is 104. The summed E-state index contributed by atoms with van der Waals surface area (Å²) in [5, 5.41) is 20.6. The van der Waals surface area contributed by atoms with E-state index in [-0.39, 0.29) is 79.8 Å². The number of benzene rings is 1. The van der Waals surface area contributed by atoms with Gasteiger partial charge in [-0.15, -0.1) is 0 Å². The van der Waals surface area contributed by atoms with Gasteiger partial charge >= 0.3 is 12.1 Å². The molecule has 0 radical (unpaired) electrons. The van der Waals surface area contributed by atoms with Crippen LogP contribution in [0.2, 0.25) is 0 Å². The Morgan fingerprint density at radius 3 is 1.33 bits per heavy atom. The zero-order valence-corrected chi connectivity index (χ0v) is 40.3. The third-order valence-electron chi connectivity index (χ3n) is 12.5. The van der Waals surface area contributed by atoms with Gasteiger partial charge in [0.25, 0.3) is 0 Å². The predicted molar refractivity (Wildman–Crippen MR) is 248 cm³/mol.